The fourth-order valence-corrected chi connectivity index (χ4v) is 2.14. The second-order valence-corrected chi connectivity index (χ2v) is 5.35. The van der Waals surface area contributed by atoms with Crippen molar-refractivity contribution in [2.24, 2.45) is 5.10 Å². The highest BCUT2D eigenvalue weighted by molar-refractivity contribution is 6.35. The van der Waals surface area contributed by atoms with Crippen molar-refractivity contribution in [1.82, 2.24) is 10.7 Å². The van der Waals surface area contributed by atoms with Gasteiger partial charge in [-0.2, -0.15) is 5.10 Å². The third-order valence-electron chi connectivity index (χ3n) is 3.44. The van der Waals surface area contributed by atoms with E-state index in [-0.39, 0.29) is 12.4 Å². The molecule has 142 valence electrons. The van der Waals surface area contributed by atoms with Crippen LogP contribution in [-0.2, 0) is 16.2 Å². The molecule has 27 heavy (non-hydrogen) atoms. The van der Waals surface area contributed by atoms with Crippen molar-refractivity contribution in [3.05, 3.63) is 59.4 Å². The molecule has 2 aromatic rings. The lowest BCUT2D eigenvalue weighted by Crippen LogP contribution is -2.37. The average Bonchev–Trinajstić information content (AvgIpc) is 2.68. The van der Waals surface area contributed by atoms with E-state index < -0.39 is 11.8 Å². The maximum Gasteiger partial charge on any atom is 0.329 e. The molecule has 0 saturated heterocycles. The van der Waals surface area contributed by atoms with Crippen molar-refractivity contribution in [3.63, 3.8) is 0 Å². The summed E-state index contributed by atoms with van der Waals surface area (Å²) in [5.74, 6) is -1.10. The summed E-state index contributed by atoms with van der Waals surface area (Å²) in [6, 6.07) is 11.1. The minimum atomic E-state index is -0.871. The third-order valence-corrected chi connectivity index (χ3v) is 3.44. The molecule has 2 amide bonds. The summed E-state index contributed by atoms with van der Waals surface area (Å²) >= 11 is 0. The van der Waals surface area contributed by atoms with Crippen LogP contribution in [0.4, 0.5) is 4.39 Å². The summed E-state index contributed by atoms with van der Waals surface area (Å²) < 4.78 is 24.1. The number of hydrogen-bond acceptors (Lipinski definition) is 5. The Morgan fingerprint density at radius 2 is 1.89 bits per heavy atom. The summed E-state index contributed by atoms with van der Waals surface area (Å²) in [6.45, 7) is 2.23. The molecule has 0 aliphatic heterocycles. The molecule has 0 aromatic heterocycles. The number of benzene rings is 2. The Bertz CT molecular complexity index is 822. The number of carbonyl (C=O) groups excluding carboxylic acids is 2. The van der Waals surface area contributed by atoms with Crippen LogP contribution in [0.2, 0.25) is 0 Å². The highest BCUT2D eigenvalue weighted by Gasteiger charge is 2.12. The van der Waals surface area contributed by atoms with Gasteiger partial charge in [0, 0.05) is 12.1 Å². The van der Waals surface area contributed by atoms with Gasteiger partial charge in [-0.1, -0.05) is 18.2 Å². The van der Waals surface area contributed by atoms with Crippen LogP contribution in [0, 0.1) is 5.82 Å². The van der Waals surface area contributed by atoms with Crippen LogP contribution >= 0.6 is 0 Å². The van der Waals surface area contributed by atoms with Gasteiger partial charge in [-0.3, -0.25) is 9.59 Å². The van der Waals surface area contributed by atoms with Gasteiger partial charge in [-0.25, -0.2) is 9.82 Å². The zero-order valence-corrected chi connectivity index (χ0v) is 15.0. The van der Waals surface area contributed by atoms with Gasteiger partial charge in [0.15, 0.2) is 11.5 Å². The lowest BCUT2D eigenvalue weighted by atomic mass is 10.2. The monoisotopic (exact) mass is 373 g/mol. The molecular formula is C19H20FN3O4. The van der Waals surface area contributed by atoms with E-state index in [9.17, 15) is 14.0 Å². The summed E-state index contributed by atoms with van der Waals surface area (Å²) in [5, 5.41) is 6.15. The molecule has 8 heteroatoms. The molecule has 0 bridgehead atoms. The van der Waals surface area contributed by atoms with E-state index in [1.807, 2.05) is 0 Å². The van der Waals surface area contributed by atoms with Crippen LogP contribution in [0.1, 0.15) is 18.1 Å². The van der Waals surface area contributed by atoms with Gasteiger partial charge in [0.25, 0.3) is 0 Å². The van der Waals surface area contributed by atoms with E-state index in [2.05, 4.69) is 15.8 Å². The Morgan fingerprint density at radius 1 is 1.15 bits per heavy atom. The number of para-hydroxylation sites is 1. The van der Waals surface area contributed by atoms with Crippen molar-refractivity contribution in [1.29, 1.82) is 0 Å². The van der Waals surface area contributed by atoms with Gasteiger partial charge in [-0.15, -0.1) is 0 Å². The summed E-state index contributed by atoms with van der Waals surface area (Å²) in [6.07, 6.45) is 1.35. The summed E-state index contributed by atoms with van der Waals surface area (Å²) in [4.78, 5) is 22.9. The first kappa shape index (κ1) is 19.9. The van der Waals surface area contributed by atoms with E-state index >= 15 is 0 Å². The number of carbonyl (C=O) groups is 2. The Labute approximate surface area is 156 Å². The van der Waals surface area contributed by atoms with Crippen LogP contribution in [0.25, 0.3) is 0 Å². The molecule has 0 saturated carbocycles. The normalized spacial score (nSPS) is 10.5. The first-order chi connectivity index (χ1) is 13.0. The van der Waals surface area contributed by atoms with E-state index in [1.165, 1.54) is 25.5 Å². The lowest BCUT2D eigenvalue weighted by Gasteiger charge is -2.13. The SMILES string of the molecule is CCNC(=O)C(=O)N/N=C\c1cccc(OC)c1OCc1ccc(F)cc1. The maximum atomic E-state index is 13.0. The van der Waals surface area contributed by atoms with Gasteiger partial charge >= 0.3 is 11.8 Å². The smallest absolute Gasteiger partial charge is 0.329 e. The van der Waals surface area contributed by atoms with Crippen LogP contribution in [0.3, 0.4) is 0 Å². The molecule has 0 unspecified atom stereocenters. The Kier molecular flexibility index (Phi) is 7.30. The molecule has 0 heterocycles. The van der Waals surface area contributed by atoms with Gasteiger partial charge in [0.05, 0.1) is 13.3 Å². The van der Waals surface area contributed by atoms with E-state index in [4.69, 9.17) is 9.47 Å². The molecule has 0 aliphatic rings. The molecule has 0 atom stereocenters. The average molecular weight is 373 g/mol. The Hall–Kier alpha value is -3.42. The minimum Gasteiger partial charge on any atom is -0.493 e. The molecule has 0 aliphatic carbocycles. The molecule has 0 radical (unpaired) electrons. The summed E-state index contributed by atoms with van der Waals surface area (Å²) in [5.41, 5.74) is 3.45. The predicted octanol–water partition coefficient (Wildman–Crippen LogP) is 2.00. The highest BCUT2D eigenvalue weighted by atomic mass is 19.1. The van der Waals surface area contributed by atoms with Gasteiger partial charge < -0.3 is 14.8 Å². The van der Waals surface area contributed by atoms with Crippen LogP contribution < -0.4 is 20.2 Å². The number of amides is 2. The van der Waals surface area contributed by atoms with Crippen molar-refractivity contribution < 1.29 is 23.5 Å². The number of ether oxygens (including phenoxy) is 2. The Morgan fingerprint density at radius 3 is 2.56 bits per heavy atom. The largest absolute Gasteiger partial charge is 0.493 e. The zero-order valence-electron chi connectivity index (χ0n) is 15.0. The molecule has 2 N–H and O–H groups in total. The van der Waals surface area contributed by atoms with Gasteiger partial charge in [-0.05, 0) is 36.8 Å². The quantitative estimate of drug-likeness (QED) is 0.441. The third kappa shape index (κ3) is 5.81. The molecular weight excluding hydrogens is 353 g/mol. The van der Waals surface area contributed by atoms with Crippen LogP contribution in [0.5, 0.6) is 11.5 Å². The lowest BCUT2D eigenvalue weighted by molar-refractivity contribution is -0.139. The zero-order chi connectivity index (χ0) is 19.6. The highest BCUT2D eigenvalue weighted by Crippen LogP contribution is 2.30. The second kappa shape index (κ2) is 9.91. The number of likely N-dealkylation sites (N-methyl/N-ethyl adjacent to an activating group) is 1. The number of methoxy groups -OCH3 is 1. The van der Waals surface area contributed by atoms with Crippen molar-refractivity contribution in [2.75, 3.05) is 13.7 Å². The number of nitrogens with zero attached hydrogens (tertiary/aromatic N) is 1. The number of hydrazone groups is 1. The number of rotatable bonds is 7. The molecule has 0 fully saturated rings. The first-order valence-corrected chi connectivity index (χ1v) is 8.20. The number of halogens is 1. The number of nitrogens with one attached hydrogen (secondary N) is 2. The minimum absolute atomic E-state index is 0.187. The Balaban J connectivity index is 2.11. The molecule has 7 nitrogen and oxygen atoms in total. The van der Waals surface area contributed by atoms with Crippen LogP contribution in [-0.4, -0.2) is 31.7 Å². The van der Waals surface area contributed by atoms with Crippen molar-refractivity contribution in [3.8, 4) is 11.5 Å². The molecule has 2 aromatic carbocycles. The van der Waals surface area contributed by atoms with E-state index in [0.29, 0.717) is 23.6 Å². The fourth-order valence-electron chi connectivity index (χ4n) is 2.14. The predicted molar refractivity (Wildman–Crippen MR) is 98.1 cm³/mol. The van der Waals surface area contributed by atoms with Gasteiger partial charge in [0.2, 0.25) is 0 Å². The van der Waals surface area contributed by atoms with E-state index in [1.54, 1.807) is 37.3 Å². The second-order valence-electron chi connectivity index (χ2n) is 5.35. The fraction of sp³-hybridized carbons (Fsp3) is 0.211. The standard InChI is InChI=1S/C19H20FN3O4/c1-3-21-18(24)19(25)23-22-11-14-5-4-6-16(26-2)17(14)27-12-13-7-9-15(20)10-8-13/h4-11H,3,12H2,1-2H3,(H,21,24)(H,23,25)/b22-11-. The van der Waals surface area contributed by atoms with Crippen molar-refractivity contribution in [2.45, 2.75) is 13.5 Å². The number of hydrogen-bond donors (Lipinski definition) is 2. The van der Waals surface area contributed by atoms with E-state index in [0.717, 1.165) is 5.56 Å². The summed E-state index contributed by atoms with van der Waals surface area (Å²) in [7, 11) is 1.50. The first-order valence-electron chi connectivity index (χ1n) is 8.20. The van der Waals surface area contributed by atoms with Crippen molar-refractivity contribution >= 4 is 18.0 Å². The maximum absolute atomic E-state index is 13.0. The molecule has 0 spiro atoms. The van der Waals surface area contributed by atoms with Gasteiger partial charge in [0.1, 0.15) is 12.4 Å². The molecule has 2 rings (SSSR count). The van der Waals surface area contributed by atoms with Crippen LogP contribution in [0.15, 0.2) is 47.6 Å². The topological polar surface area (TPSA) is 89.0 Å².